The van der Waals surface area contributed by atoms with Crippen molar-refractivity contribution < 1.29 is 9.59 Å². The number of rotatable bonds is 8. The molecule has 6 nitrogen and oxygen atoms in total. The van der Waals surface area contributed by atoms with E-state index in [4.69, 9.17) is 0 Å². The van der Waals surface area contributed by atoms with Crippen LogP contribution in [-0.4, -0.2) is 27.6 Å². The molecule has 24 heavy (non-hydrogen) atoms. The van der Waals surface area contributed by atoms with E-state index in [9.17, 15) is 9.59 Å². The van der Waals surface area contributed by atoms with Crippen LogP contribution in [0, 0.1) is 0 Å². The standard InChI is InChI=1S/C18H24N4O2/c1-3-14(2)21-18(24)16-7-4-6-15(12-16)13-19-17(23)8-11-22-10-5-9-20-22/h4-7,9-10,12,14H,3,8,11,13H2,1-2H3,(H,19,23)(H,21,24)/t14-/m1/s1. The van der Waals surface area contributed by atoms with Crippen LogP contribution >= 0.6 is 0 Å². The number of carbonyl (C=O) groups is 2. The molecule has 1 aromatic carbocycles. The number of nitrogens with one attached hydrogen (secondary N) is 2. The summed E-state index contributed by atoms with van der Waals surface area (Å²) in [5, 5.41) is 9.87. The Bertz CT molecular complexity index is 667. The zero-order valence-corrected chi connectivity index (χ0v) is 14.2. The fraction of sp³-hybridized carbons (Fsp3) is 0.389. The highest BCUT2D eigenvalue weighted by molar-refractivity contribution is 5.94. The molecule has 2 amide bonds. The SMILES string of the molecule is CC[C@@H](C)NC(=O)c1cccc(CNC(=O)CCn2cccn2)c1. The highest BCUT2D eigenvalue weighted by Gasteiger charge is 2.09. The summed E-state index contributed by atoms with van der Waals surface area (Å²) in [5.74, 6) is -0.129. The summed E-state index contributed by atoms with van der Waals surface area (Å²) in [7, 11) is 0. The van der Waals surface area contributed by atoms with Gasteiger partial charge in [0.1, 0.15) is 0 Å². The van der Waals surface area contributed by atoms with E-state index in [-0.39, 0.29) is 17.9 Å². The smallest absolute Gasteiger partial charge is 0.251 e. The molecule has 1 aromatic heterocycles. The molecule has 1 atom stereocenters. The fourth-order valence-corrected chi connectivity index (χ4v) is 2.17. The Morgan fingerprint density at radius 3 is 2.83 bits per heavy atom. The van der Waals surface area contributed by atoms with E-state index in [1.165, 1.54) is 0 Å². The second kappa shape index (κ2) is 8.86. The van der Waals surface area contributed by atoms with Gasteiger partial charge in [-0.25, -0.2) is 0 Å². The first-order chi connectivity index (χ1) is 11.6. The minimum absolute atomic E-state index is 0.0417. The van der Waals surface area contributed by atoms with Crippen molar-refractivity contribution >= 4 is 11.8 Å². The van der Waals surface area contributed by atoms with E-state index in [0.29, 0.717) is 25.1 Å². The van der Waals surface area contributed by atoms with Crippen LogP contribution in [0.25, 0.3) is 0 Å². The minimum atomic E-state index is -0.0868. The summed E-state index contributed by atoms with van der Waals surface area (Å²) in [6, 6.07) is 9.29. The Hall–Kier alpha value is -2.63. The molecule has 0 unspecified atom stereocenters. The topological polar surface area (TPSA) is 76.0 Å². The second-order valence-corrected chi connectivity index (χ2v) is 5.78. The molecule has 0 radical (unpaired) electrons. The van der Waals surface area contributed by atoms with Crippen molar-refractivity contribution in [2.75, 3.05) is 0 Å². The molecule has 0 aliphatic heterocycles. The van der Waals surface area contributed by atoms with Crippen molar-refractivity contribution in [1.29, 1.82) is 0 Å². The van der Waals surface area contributed by atoms with Gasteiger partial charge in [-0.2, -0.15) is 5.10 Å². The lowest BCUT2D eigenvalue weighted by Gasteiger charge is -2.12. The van der Waals surface area contributed by atoms with Crippen LogP contribution in [0.5, 0.6) is 0 Å². The van der Waals surface area contributed by atoms with Crippen LogP contribution in [-0.2, 0) is 17.9 Å². The largest absolute Gasteiger partial charge is 0.352 e. The highest BCUT2D eigenvalue weighted by atomic mass is 16.2. The average Bonchev–Trinajstić information content (AvgIpc) is 3.11. The number of nitrogens with zero attached hydrogens (tertiary/aromatic N) is 2. The van der Waals surface area contributed by atoms with Crippen molar-refractivity contribution in [3.8, 4) is 0 Å². The molecule has 2 aromatic rings. The highest BCUT2D eigenvalue weighted by Crippen LogP contribution is 2.06. The molecule has 2 rings (SSSR count). The number of benzene rings is 1. The fourth-order valence-electron chi connectivity index (χ4n) is 2.17. The Morgan fingerprint density at radius 2 is 2.12 bits per heavy atom. The van der Waals surface area contributed by atoms with Crippen LogP contribution < -0.4 is 10.6 Å². The molecule has 0 fully saturated rings. The van der Waals surface area contributed by atoms with Gasteiger partial charge in [0, 0.05) is 43.5 Å². The van der Waals surface area contributed by atoms with Crippen molar-refractivity contribution in [1.82, 2.24) is 20.4 Å². The molecule has 0 aliphatic carbocycles. The van der Waals surface area contributed by atoms with Gasteiger partial charge >= 0.3 is 0 Å². The van der Waals surface area contributed by atoms with Gasteiger partial charge in [0.2, 0.25) is 5.91 Å². The summed E-state index contributed by atoms with van der Waals surface area (Å²) >= 11 is 0. The van der Waals surface area contributed by atoms with E-state index in [1.54, 1.807) is 16.9 Å². The van der Waals surface area contributed by atoms with E-state index >= 15 is 0 Å². The Balaban J connectivity index is 1.83. The Labute approximate surface area is 142 Å². The molecular weight excluding hydrogens is 304 g/mol. The van der Waals surface area contributed by atoms with Crippen molar-refractivity contribution in [2.45, 2.75) is 45.8 Å². The summed E-state index contributed by atoms with van der Waals surface area (Å²) in [6.07, 6.45) is 4.77. The molecular formula is C18H24N4O2. The number of hydrogen-bond acceptors (Lipinski definition) is 3. The number of amides is 2. The van der Waals surface area contributed by atoms with Crippen LogP contribution in [0.3, 0.4) is 0 Å². The maximum absolute atomic E-state index is 12.1. The average molecular weight is 328 g/mol. The molecule has 0 aliphatic rings. The molecule has 0 saturated carbocycles. The maximum atomic E-state index is 12.1. The molecule has 0 bridgehead atoms. The van der Waals surface area contributed by atoms with E-state index in [0.717, 1.165) is 12.0 Å². The zero-order valence-electron chi connectivity index (χ0n) is 14.2. The van der Waals surface area contributed by atoms with Gasteiger partial charge in [-0.3, -0.25) is 14.3 Å². The predicted octanol–water partition coefficient (Wildman–Crippen LogP) is 2.12. The van der Waals surface area contributed by atoms with Crippen LogP contribution in [0.1, 0.15) is 42.6 Å². The lowest BCUT2D eigenvalue weighted by Crippen LogP contribution is -2.32. The summed E-state index contributed by atoms with van der Waals surface area (Å²) < 4.78 is 1.72. The first-order valence-electron chi connectivity index (χ1n) is 8.22. The van der Waals surface area contributed by atoms with Crippen molar-refractivity contribution in [3.63, 3.8) is 0 Å². The first kappa shape index (κ1) is 17.7. The van der Waals surface area contributed by atoms with Gasteiger partial charge in [-0.15, -0.1) is 0 Å². The molecule has 6 heteroatoms. The number of aromatic nitrogens is 2. The quantitative estimate of drug-likeness (QED) is 0.779. The maximum Gasteiger partial charge on any atom is 0.251 e. The molecule has 1 heterocycles. The summed E-state index contributed by atoms with van der Waals surface area (Å²) in [5.41, 5.74) is 1.51. The first-order valence-corrected chi connectivity index (χ1v) is 8.22. The third kappa shape index (κ3) is 5.53. The monoisotopic (exact) mass is 328 g/mol. The van der Waals surface area contributed by atoms with E-state index in [1.807, 2.05) is 44.3 Å². The van der Waals surface area contributed by atoms with Crippen molar-refractivity contribution in [3.05, 3.63) is 53.9 Å². The van der Waals surface area contributed by atoms with Gasteiger partial charge in [0.05, 0.1) is 0 Å². The van der Waals surface area contributed by atoms with Crippen LogP contribution in [0.4, 0.5) is 0 Å². The molecule has 2 N–H and O–H groups in total. The number of hydrogen-bond donors (Lipinski definition) is 2. The minimum Gasteiger partial charge on any atom is -0.352 e. The van der Waals surface area contributed by atoms with Crippen LogP contribution in [0.15, 0.2) is 42.7 Å². The summed E-state index contributed by atoms with van der Waals surface area (Å²) in [6.45, 7) is 4.96. The van der Waals surface area contributed by atoms with Gasteiger partial charge in [0.25, 0.3) is 5.91 Å². The Morgan fingerprint density at radius 1 is 1.29 bits per heavy atom. The molecule has 0 spiro atoms. The lowest BCUT2D eigenvalue weighted by atomic mass is 10.1. The normalized spacial score (nSPS) is 11.8. The molecule has 0 saturated heterocycles. The second-order valence-electron chi connectivity index (χ2n) is 5.78. The summed E-state index contributed by atoms with van der Waals surface area (Å²) in [4.78, 5) is 24.0. The van der Waals surface area contributed by atoms with E-state index < -0.39 is 0 Å². The Kier molecular flexibility index (Phi) is 6.54. The third-order valence-corrected chi connectivity index (χ3v) is 3.80. The van der Waals surface area contributed by atoms with Gasteiger partial charge < -0.3 is 10.6 Å². The molecule has 128 valence electrons. The lowest BCUT2D eigenvalue weighted by molar-refractivity contribution is -0.121. The number of carbonyl (C=O) groups excluding carboxylic acids is 2. The van der Waals surface area contributed by atoms with Gasteiger partial charge in [-0.1, -0.05) is 19.1 Å². The third-order valence-electron chi connectivity index (χ3n) is 3.80. The zero-order chi connectivity index (χ0) is 17.4. The van der Waals surface area contributed by atoms with Crippen molar-refractivity contribution in [2.24, 2.45) is 0 Å². The van der Waals surface area contributed by atoms with Gasteiger partial charge in [0.15, 0.2) is 0 Å². The van der Waals surface area contributed by atoms with Crippen LogP contribution in [0.2, 0.25) is 0 Å². The van der Waals surface area contributed by atoms with E-state index in [2.05, 4.69) is 15.7 Å². The van der Waals surface area contributed by atoms with Gasteiger partial charge in [-0.05, 0) is 37.1 Å². The number of aryl methyl sites for hydroxylation is 1. The predicted molar refractivity (Wildman–Crippen MR) is 92.4 cm³/mol.